The Labute approximate surface area is 216 Å². The van der Waals surface area contributed by atoms with Crippen molar-refractivity contribution in [3.8, 4) is 0 Å². The van der Waals surface area contributed by atoms with Gasteiger partial charge in [-0.2, -0.15) is 0 Å². The summed E-state index contributed by atoms with van der Waals surface area (Å²) in [7, 11) is 0. The molecule has 9 heteroatoms. The number of carbonyl (C=O) groups excluding carboxylic acids is 3. The van der Waals surface area contributed by atoms with Crippen LogP contribution in [0, 0.1) is 0 Å². The number of aromatic nitrogens is 1. The molecule has 0 spiro atoms. The number of nitrogens with zero attached hydrogens (tertiary/aromatic N) is 2. The third-order valence-corrected chi connectivity index (χ3v) is 7.91. The zero-order valence-electron chi connectivity index (χ0n) is 20.8. The van der Waals surface area contributed by atoms with Crippen molar-refractivity contribution in [2.45, 2.75) is 64.2 Å². The number of amides is 4. The van der Waals surface area contributed by atoms with Crippen molar-refractivity contribution in [3.63, 3.8) is 0 Å². The molecule has 8 nitrogen and oxygen atoms in total. The SMILES string of the molecule is CCc1ccc(C(=O)NNC(=O)c2csc(C3CCN(C(=O)NCCC4=CCCCC4)CC3)n2)cc1. The van der Waals surface area contributed by atoms with Gasteiger partial charge in [-0.1, -0.05) is 30.7 Å². The van der Waals surface area contributed by atoms with Gasteiger partial charge in [-0.25, -0.2) is 9.78 Å². The highest BCUT2D eigenvalue weighted by molar-refractivity contribution is 7.09. The van der Waals surface area contributed by atoms with Crippen LogP contribution in [0.5, 0.6) is 0 Å². The largest absolute Gasteiger partial charge is 0.338 e. The van der Waals surface area contributed by atoms with Gasteiger partial charge in [0.2, 0.25) is 0 Å². The van der Waals surface area contributed by atoms with Crippen LogP contribution < -0.4 is 16.2 Å². The summed E-state index contributed by atoms with van der Waals surface area (Å²) in [5.74, 6) is -0.594. The van der Waals surface area contributed by atoms with Crippen molar-refractivity contribution in [2.24, 2.45) is 0 Å². The van der Waals surface area contributed by atoms with Crippen LogP contribution in [-0.4, -0.2) is 47.4 Å². The highest BCUT2D eigenvalue weighted by Gasteiger charge is 2.26. The summed E-state index contributed by atoms with van der Waals surface area (Å²) in [5, 5.41) is 5.67. The summed E-state index contributed by atoms with van der Waals surface area (Å²) < 4.78 is 0. The van der Waals surface area contributed by atoms with E-state index in [9.17, 15) is 14.4 Å². The van der Waals surface area contributed by atoms with E-state index in [1.165, 1.54) is 36.2 Å². The van der Waals surface area contributed by atoms with Crippen molar-refractivity contribution >= 4 is 29.2 Å². The van der Waals surface area contributed by atoms with Gasteiger partial charge in [-0.15, -0.1) is 11.3 Å². The minimum Gasteiger partial charge on any atom is -0.338 e. The van der Waals surface area contributed by atoms with E-state index in [1.807, 2.05) is 17.0 Å². The predicted molar refractivity (Wildman–Crippen MR) is 141 cm³/mol. The van der Waals surface area contributed by atoms with E-state index in [1.54, 1.807) is 17.5 Å². The number of likely N-dealkylation sites (tertiary alicyclic amines) is 1. The topological polar surface area (TPSA) is 103 Å². The van der Waals surface area contributed by atoms with Gasteiger partial charge in [0.1, 0.15) is 5.69 Å². The summed E-state index contributed by atoms with van der Waals surface area (Å²) in [5.41, 5.74) is 8.27. The van der Waals surface area contributed by atoms with Gasteiger partial charge in [0.15, 0.2) is 0 Å². The Balaban J connectivity index is 1.19. The van der Waals surface area contributed by atoms with Crippen LogP contribution in [-0.2, 0) is 6.42 Å². The van der Waals surface area contributed by atoms with Crippen LogP contribution in [0.1, 0.15) is 89.2 Å². The average molecular weight is 510 g/mol. The van der Waals surface area contributed by atoms with Crippen LogP contribution in [0.3, 0.4) is 0 Å². The second kappa shape index (κ2) is 12.7. The number of hydrazine groups is 1. The third-order valence-electron chi connectivity index (χ3n) is 6.91. The minimum atomic E-state index is -0.444. The number of allylic oxidation sites excluding steroid dienone is 1. The normalized spacial score (nSPS) is 16.2. The Kier molecular flexibility index (Phi) is 9.11. The Morgan fingerprint density at radius 2 is 1.81 bits per heavy atom. The monoisotopic (exact) mass is 509 g/mol. The number of urea groups is 1. The number of hydrogen-bond donors (Lipinski definition) is 3. The lowest BCUT2D eigenvalue weighted by Gasteiger charge is -2.31. The van der Waals surface area contributed by atoms with E-state index in [4.69, 9.17) is 0 Å². The predicted octanol–water partition coefficient (Wildman–Crippen LogP) is 4.56. The molecular formula is C27H35N5O3S. The summed E-state index contributed by atoms with van der Waals surface area (Å²) >= 11 is 1.45. The maximum Gasteiger partial charge on any atom is 0.317 e. The van der Waals surface area contributed by atoms with Gasteiger partial charge < -0.3 is 10.2 Å². The molecule has 0 radical (unpaired) electrons. The van der Waals surface area contributed by atoms with E-state index in [-0.39, 0.29) is 23.6 Å². The van der Waals surface area contributed by atoms with E-state index in [0.29, 0.717) is 25.2 Å². The first-order chi connectivity index (χ1) is 17.5. The first kappa shape index (κ1) is 25.9. The van der Waals surface area contributed by atoms with Crippen molar-refractivity contribution in [2.75, 3.05) is 19.6 Å². The maximum atomic E-state index is 12.5. The van der Waals surface area contributed by atoms with Crippen molar-refractivity contribution < 1.29 is 14.4 Å². The summed E-state index contributed by atoms with van der Waals surface area (Å²) in [4.78, 5) is 43.7. The van der Waals surface area contributed by atoms with Crippen molar-refractivity contribution in [3.05, 3.63) is 63.1 Å². The fourth-order valence-electron chi connectivity index (χ4n) is 4.62. The zero-order chi connectivity index (χ0) is 25.3. The summed E-state index contributed by atoms with van der Waals surface area (Å²) in [6, 6.07) is 7.27. The Bertz CT molecular complexity index is 1090. The smallest absolute Gasteiger partial charge is 0.317 e. The summed E-state index contributed by atoms with van der Waals surface area (Å²) in [6.45, 7) is 4.09. The lowest BCUT2D eigenvalue weighted by Crippen LogP contribution is -2.44. The second-order valence-corrected chi connectivity index (χ2v) is 10.3. The molecule has 0 bridgehead atoms. The molecule has 1 aliphatic heterocycles. The van der Waals surface area contributed by atoms with E-state index in [2.05, 4.69) is 34.2 Å². The molecule has 1 aliphatic carbocycles. The molecule has 0 unspecified atom stereocenters. The van der Waals surface area contributed by atoms with Crippen LogP contribution in [0.15, 0.2) is 41.3 Å². The Morgan fingerprint density at radius 1 is 1.06 bits per heavy atom. The zero-order valence-corrected chi connectivity index (χ0v) is 21.7. The number of thiazole rings is 1. The second-order valence-electron chi connectivity index (χ2n) is 9.38. The van der Waals surface area contributed by atoms with E-state index in [0.717, 1.165) is 42.7 Å². The summed E-state index contributed by atoms with van der Waals surface area (Å²) in [6.07, 6.45) is 10.7. The first-order valence-corrected chi connectivity index (χ1v) is 13.8. The lowest BCUT2D eigenvalue weighted by molar-refractivity contribution is 0.0844. The maximum absolute atomic E-state index is 12.5. The fraction of sp³-hybridized carbons (Fsp3) is 0.481. The standard InChI is InChI=1S/C27H35N5O3S/c1-2-19-8-10-21(11-9-19)24(33)30-31-25(34)23-18-36-26(29-23)22-13-16-32(17-14-22)27(35)28-15-12-20-6-4-3-5-7-20/h6,8-11,18,22H,2-5,7,12-17H2,1H3,(H,28,35)(H,30,33)(H,31,34). The van der Waals surface area contributed by atoms with Gasteiger partial charge in [0, 0.05) is 36.5 Å². The molecule has 1 fully saturated rings. The Morgan fingerprint density at radius 3 is 2.50 bits per heavy atom. The fourth-order valence-corrected chi connectivity index (χ4v) is 5.60. The molecule has 4 rings (SSSR count). The number of carbonyl (C=O) groups is 3. The Hall–Kier alpha value is -3.20. The molecule has 1 aromatic carbocycles. The molecule has 1 aromatic heterocycles. The van der Waals surface area contributed by atoms with E-state index < -0.39 is 5.91 Å². The molecule has 4 amide bonds. The third kappa shape index (κ3) is 6.94. The molecule has 2 aliphatic rings. The number of rotatable bonds is 7. The number of aryl methyl sites for hydroxylation is 1. The molecule has 0 saturated carbocycles. The molecule has 1 saturated heterocycles. The number of hydrogen-bond acceptors (Lipinski definition) is 5. The molecule has 36 heavy (non-hydrogen) atoms. The molecule has 3 N–H and O–H groups in total. The molecule has 0 atom stereocenters. The van der Waals surface area contributed by atoms with Gasteiger partial charge in [0.05, 0.1) is 5.01 Å². The van der Waals surface area contributed by atoms with Crippen molar-refractivity contribution in [1.82, 2.24) is 26.1 Å². The van der Waals surface area contributed by atoms with Crippen molar-refractivity contribution in [1.29, 1.82) is 0 Å². The average Bonchev–Trinajstić information content (AvgIpc) is 3.43. The lowest BCUT2D eigenvalue weighted by atomic mass is 9.97. The van der Waals surface area contributed by atoms with Crippen LogP contribution in [0.25, 0.3) is 0 Å². The van der Waals surface area contributed by atoms with Gasteiger partial charge in [-0.3, -0.25) is 20.4 Å². The number of benzene rings is 1. The first-order valence-electron chi connectivity index (χ1n) is 12.9. The minimum absolute atomic E-state index is 0.00383. The highest BCUT2D eigenvalue weighted by Crippen LogP contribution is 2.30. The quantitative estimate of drug-likeness (QED) is 0.376. The molecule has 192 valence electrons. The number of nitrogens with one attached hydrogen (secondary N) is 3. The molecule has 2 aromatic rings. The molecular weight excluding hydrogens is 474 g/mol. The number of piperidine rings is 1. The van der Waals surface area contributed by atoms with Crippen LogP contribution in [0.2, 0.25) is 0 Å². The van der Waals surface area contributed by atoms with E-state index >= 15 is 0 Å². The van der Waals surface area contributed by atoms with Gasteiger partial charge in [-0.05, 0) is 69.1 Å². The highest BCUT2D eigenvalue weighted by atomic mass is 32.1. The van der Waals surface area contributed by atoms with Crippen LogP contribution >= 0.6 is 11.3 Å². The van der Waals surface area contributed by atoms with Gasteiger partial charge >= 0.3 is 6.03 Å². The van der Waals surface area contributed by atoms with Crippen LogP contribution in [0.4, 0.5) is 4.79 Å². The van der Waals surface area contributed by atoms with Gasteiger partial charge in [0.25, 0.3) is 11.8 Å². The molecule has 2 heterocycles.